The molecule has 2 heterocycles. The Morgan fingerprint density at radius 2 is 2.00 bits per heavy atom. The number of likely N-dealkylation sites (tertiary alicyclic amines) is 1. The molecule has 1 aromatic carbocycles. The maximum Gasteiger partial charge on any atom is 0.250 e. The molecule has 0 bridgehead atoms. The lowest BCUT2D eigenvalue weighted by Gasteiger charge is -2.47. The van der Waals surface area contributed by atoms with E-state index in [0.717, 1.165) is 30.3 Å². The highest BCUT2D eigenvalue weighted by Gasteiger charge is 2.49. The predicted octanol–water partition coefficient (Wildman–Crippen LogP) is 1.62. The third kappa shape index (κ3) is 3.41. The van der Waals surface area contributed by atoms with Crippen molar-refractivity contribution in [2.45, 2.75) is 31.3 Å². The molecule has 0 spiro atoms. The number of nitrogens with zero attached hydrogens (tertiary/aromatic N) is 5. The fraction of sp³-hybridized carbons (Fsp3) is 0.556. The Labute approximate surface area is 152 Å². The third-order valence-electron chi connectivity index (χ3n) is 5.02. The molecule has 26 heavy (non-hydrogen) atoms. The van der Waals surface area contributed by atoms with E-state index in [-0.39, 0.29) is 11.9 Å². The number of carbonyl (C=O) groups excluding carboxylic acids is 1. The van der Waals surface area contributed by atoms with E-state index in [0.29, 0.717) is 13.2 Å². The highest BCUT2D eigenvalue weighted by atomic mass is 16.5. The minimum Gasteiger partial charge on any atom is -0.497 e. The van der Waals surface area contributed by atoms with Crippen LogP contribution in [-0.4, -0.2) is 57.9 Å². The Kier molecular flexibility index (Phi) is 4.83. The summed E-state index contributed by atoms with van der Waals surface area (Å²) in [6.07, 6.45) is 4.90. The van der Waals surface area contributed by atoms with Gasteiger partial charge in [-0.3, -0.25) is 4.79 Å². The first kappa shape index (κ1) is 17.0. The molecule has 1 saturated carbocycles. The molecule has 2 aromatic rings. The van der Waals surface area contributed by atoms with Gasteiger partial charge in [0, 0.05) is 19.8 Å². The van der Waals surface area contributed by atoms with Gasteiger partial charge in [0.05, 0.1) is 13.2 Å². The first-order valence-corrected chi connectivity index (χ1v) is 9.02. The molecule has 1 aliphatic carbocycles. The van der Waals surface area contributed by atoms with E-state index in [1.165, 1.54) is 23.9 Å². The standard InChI is InChI=1S/C18H23N5O3/c1-25-15-7-5-14(6-8-15)16-17(23-12-19-20-21-23)18(24)22(16)9-2-10-26-11-13-3-4-13/h5-8,12-13,16-17H,2-4,9-11H2,1H3/t16-,17-/m0/s1. The van der Waals surface area contributed by atoms with Gasteiger partial charge in [-0.25, -0.2) is 4.68 Å². The van der Waals surface area contributed by atoms with Crippen molar-refractivity contribution in [1.82, 2.24) is 25.1 Å². The topological polar surface area (TPSA) is 82.4 Å². The summed E-state index contributed by atoms with van der Waals surface area (Å²) in [6, 6.07) is 7.32. The Balaban J connectivity index is 1.43. The fourth-order valence-corrected chi connectivity index (χ4v) is 3.37. The quantitative estimate of drug-likeness (QED) is 0.501. The van der Waals surface area contributed by atoms with Crippen LogP contribution in [0.4, 0.5) is 0 Å². The van der Waals surface area contributed by atoms with Gasteiger partial charge in [0.2, 0.25) is 0 Å². The van der Waals surface area contributed by atoms with Crippen molar-refractivity contribution in [3.05, 3.63) is 36.2 Å². The Bertz CT molecular complexity index is 730. The molecule has 138 valence electrons. The largest absolute Gasteiger partial charge is 0.497 e. The molecule has 2 aliphatic rings. The second-order valence-electron chi connectivity index (χ2n) is 6.86. The minimum absolute atomic E-state index is 0.0420. The molecule has 1 amide bonds. The molecule has 8 nitrogen and oxygen atoms in total. The smallest absolute Gasteiger partial charge is 0.250 e. The first-order valence-electron chi connectivity index (χ1n) is 9.02. The van der Waals surface area contributed by atoms with E-state index in [2.05, 4.69) is 15.5 Å². The van der Waals surface area contributed by atoms with E-state index in [1.54, 1.807) is 7.11 Å². The Morgan fingerprint density at radius 1 is 1.19 bits per heavy atom. The summed E-state index contributed by atoms with van der Waals surface area (Å²) in [5.74, 6) is 1.59. The maximum absolute atomic E-state index is 12.7. The second kappa shape index (κ2) is 7.41. The molecule has 2 fully saturated rings. The van der Waals surface area contributed by atoms with E-state index < -0.39 is 6.04 Å². The lowest BCUT2D eigenvalue weighted by molar-refractivity contribution is -0.156. The van der Waals surface area contributed by atoms with Crippen LogP contribution in [0.25, 0.3) is 0 Å². The maximum atomic E-state index is 12.7. The number of methoxy groups -OCH3 is 1. The molecule has 0 radical (unpaired) electrons. The summed E-state index contributed by atoms with van der Waals surface area (Å²) in [7, 11) is 1.64. The van der Waals surface area contributed by atoms with Crippen molar-refractivity contribution in [3.8, 4) is 5.75 Å². The van der Waals surface area contributed by atoms with Crippen molar-refractivity contribution < 1.29 is 14.3 Å². The monoisotopic (exact) mass is 357 g/mol. The number of rotatable bonds is 9. The van der Waals surface area contributed by atoms with Crippen molar-refractivity contribution in [2.24, 2.45) is 5.92 Å². The molecular formula is C18H23N5O3. The van der Waals surface area contributed by atoms with Crippen LogP contribution in [0.3, 0.4) is 0 Å². The van der Waals surface area contributed by atoms with Crippen LogP contribution in [0.5, 0.6) is 5.75 Å². The lowest BCUT2D eigenvalue weighted by Crippen LogP contribution is -2.56. The van der Waals surface area contributed by atoms with Crippen LogP contribution in [-0.2, 0) is 9.53 Å². The average Bonchev–Trinajstić information content (AvgIpc) is 3.35. The van der Waals surface area contributed by atoms with Crippen LogP contribution in [0.2, 0.25) is 0 Å². The van der Waals surface area contributed by atoms with Gasteiger partial charge in [0.15, 0.2) is 6.04 Å². The normalized spacial score (nSPS) is 22.3. The van der Waals surface area contributed by atoms with Gasteiger partial charge in [-0.1, -0.05) is 12.1 Å². The third-order valence-corrected chi connectivity index (χ3v) is 5.02. The number of aromatic nitrogens is 4. The highest BCUT2D eigenvalue weighted by molar-refractivity contribution is 5.88. The Hall–Kier alpha value is -2.48. The predicted molar refractivity (Wildman–Crippen MR) is 92.5 cm³/mol. The fourth-order valence-electron chi connectivity index (χ4n) is 3.37. The van der Waals surface area contributed by atoms with Gasteiger partial charge in [0.1, 0.15) is 12.1 Å². The van der Waals surface area contributed by atoms with E-state index in [1.807, 2.05) is 29.2 Å². The highest BCUT2D eigenvalue weighted by Crippen LogP contribution is 2.43. The summed E-state index contributed by atoms with van der Waals surface area (Å²) < 4.78 is 12.5. The molecule has 0 unspecified atom stereocenters. The first-order chi connectivity index (χ1) is 12.8. The molecular weight excluding hydrogens is 334 g/mol. The van der Waals surface area contributed by atoms with Gasteiger partial charge in [0.25, 0.3) is 5.91 Å². The van der Waals surface area contributed by atoms with Crippen molar-refractivity contribution >= 4 is 5.91 Å². The minimum atomic E-state index is -0.397. The summed E-state index contributed by atoms with van der Waals surface area (Å²) >= 11 is 0. The number of benzene rings is 1. The molecule has 1 aliphatic heterocycles. The number of carbonyl (C=O) groups is 1. The van der Waals surface area contributed by atoms with Crippen LogP contribution < -0.4 is 4.74 Å². The molecule has 4 rings (SSSR count). The van der Waals surface area contributed by atoms with Gasteiger partial charge in [-0.15, -0.1) is 5.10 Å². The van der Waals surface area contributed by atoms with Gasteiger partial charge >= 0.3 is 0 Å². The summed E-state index contributed by atoms with van der Waals surface area (Å²) in [6.45, 7) is 2.20. The number of amides is 1. The Morgan fingerprint density at radius 3 is 2.65 bits per heavy atom. The van der Waals surface area contributed by atoms with Crippen molar-refractivity contribution in [3.63, 3.8) is 0 Å². The van der Waals surface area contributed by atoms with Crippen molar-refractivity contribution in [1.29, 1.82) is 0 Å². The lowest BCUT2D eigenvalue weighted by atomic mass is 9.88. The van der Waals surface area contributed by atoms with E-state index >= 15 is 0 Å². The zero-order valence-corrected chi connectivity index (χ0v) is 14.8. The number of hydrogen-bond donors (Lipinski definition) is 0. The van der Waals surface area contributed by atoms with Crippen LogP contribution in [0, 0.1) is 5.92 Å². The number of hydrogen-bond acceptors (Lipinski definition) is 6. The van der Waals surface area contributed by atoms with Crippen LogP contribution in [0.1, 0.15) is 36.9 Å². The molecule has 2 atom stereocenters. The zero-order chi connectivity index (χ0) is 17.9. The van der Waals surface area contributed by atoms with E-state index in [9.17, 15) is 4.79 Å². The number of β-lactam (4-membered cyclic amide) rings is 1. The summed E-state index contributed by atoms with van der Waals surface area (Å²) in [5, 5.41) is 11.3. The number of ether oxygens (including phenoxy) is 2. The molecule has 0 N–H and O–H groups in total. The SMILES string of the molecule is COc1ccc([C@H]2[C@H](n3cnnn3)C(=O)N2CCCOCC2CC2)cc1. The molecule has 1 aromatic heterocycles. The van der Waals surface area contributed by atoms with Crippen LogP contribution in [0.15, 0.2) is 30.6 Å². The van der Waals surface area contributed by atoms with Gasteiger partial charge in [-0.05, 0) is 53.3 Å². The summed E-state index contributed by atoms with van der Waals surface area (Å²) in [4.78, 5) is 14.6. The average molecular weight is 357 g/mol. The van der Waals surface area contributed by atoms with Crippen molar-refractivity contribution in [2.75, 3.05) is 26.9 Å². The van der Waals surface area contributed by atoms with Gasteiger partial charge in [-0.2, -0.15) is 0 Å². The number of tetrazole rings is 1. The summed E-state index contributed by atoms with van der Waals surface area (Å²) in [5.41, 5.74) is 1.05. The van der Waals surface area contributed by atoms with E-state index in [4.69, 9.17) is 9.47 Å². The molecule has 8 heteroatoms. The molecule has 1 saturated heterocycles. The second-order valence-corrected chi connectivity index (χ2v) is 6.86. The van der Waals surface area contributed by atoms with Gasteiger partial charge < -0.3 is 14.4 Å². The van der Waals surface area contributed by atoms with Crippen LogP contribution >= 0.6 is 0 Å². The zero-order valence-electron chi connectivity index (χ0n) is 14.8.